The lowest BCUT2D eigenvalue weighted by molar-refractivity contribution is 0.285. The van der Waals surface area contributed by atoms with Gasteiger partial charge in [0.15, 0.2) is 0 Å². The lowest BCUT2D eigenvalue weighted by Gasteiger charge is -2.13. The van der Waals surface area contributed by atoms with Crippen LogP contribution in [0, 0.1) is 0 Å². The highest BCUT2D eigenvalue weighted by Gasteiger charge is 2.08. The first-order valence-electron chi connectivity index (χ1n) is 7.28. The first kappa shape index (κ1) is 15.4. The average Bonchev–Trinajstić information content (AvgIpc) is 2.98. The van der Waals surface area contributed by atoms with Gasteiger partial charge < -0.3 is 19.4 Å². The highest BCUT2D eigenvalue weighted by molar-refractivity contribution is 5.40. The molecular weight excluding hydrogens is 266 g/mol. The molecular formula is C16H23N3O2. The van der Waals surface area contributed by atoms with Crippen molar-refractivity contribution in [3.8, 4) is 11.5 Å². The van der Waals surface area contributed by atoms with Gasteiger partial charge in [0.05, 0.1) is 7.11 Å². The second-order valence-electron chi connectivity index (χ2n) is 4.67. The molecule has 114 valence electrons. The van der Waals surface area contributed by atoms with Crippen molar-refractivity contribution in [1.82, 2.24) is 14.9 Å². The Hall–Kier alpha value is -2.01. The van der Waals surface area contributed by atoms with Gasteiger partial charge in [-0.15, -0.1) is 0 Å². The monoisotopic (exact) mass is 289 g/mol. The van der Waals surface area contributed by atoms with Gasteiger partial charge in [-0.1, -0.05) is 6.92 Å². The second-order valence-corrected chi connectivity index (χ2v) is 4.67. The maximum absolute atomic E-state index is 5.94. The molecule has 0 aliphatic heterocycles. The second kappa shape index (κ2) is 7.69. The smallest absolute Gasteiger partial charge is 0.146 e. The highest BCUT2D eigenvalue weighted by Crippen LogP contribution is 2.25. The molecule has 1 aromatic carbocycles. The molecule has 0 atom stereocenters. The average molecular weight is 289 g/mol. The molecule has 0 bridgehead atoms. The largest absolute Gasteiger partial charge is 0.497 e. The zero-order valence-corrected chi connectivity index (χ0v) is 12.9. The molecule has 1 heterocycles. The van der Waals surface area contributed by atoms with E-state index in [9.17, 15) is 0 Å². The summed E-state index contributed by atoms with van der Waals surface area (Å²) in [5.74, 6) is 2.63. The summed E-state index contributed by atoms with van der Waals surface area (Å²) in [6.45, 7) is 7.20. The minimum Gasteiger partial charge on any atom is -0.497 e. The van der Waals surface area contributed by atoms with Crippen LogP contribution in [0.5, 0.6) is 11.5 Å². The molecule has 0 radical (unpaired) electrons. The van der Waals surface area contributed by atoms with E-state index in [0.29, 0.717) is 6.61 Å². The lowest BCUT2D eigenvalue weighted by Crippen LogP contribution is -2.13. The maximum atomic E-state index is 5.94. The molecule has 0 aliphatic carbocycles. The minimum atomic E-state index is 0.465. The number of ether oxygens (including phenoxy) is 2. The zero-order chi connectivity index (χ0) is 15.1. The number of nitrogens with one attached hydrogen (secondary N) is 1. The van der Waals surface area contributed by atoms with Crippen molar-refractivity contribution in [1.29, 1.82) is 0 Å². The summed E-state index contributed by atoms with van der Waals surface area (Å²) in [7, 11) is 1.67. The molecule has 0 unspecified atom stereocenters. The lowest BCUT2D eigenvalue weighted by atomic mass is 10.2. The standard InChI is InChI=1S/C16H23N3O2/c1-4-17-11-13-10-14(20-3)6-7-15(13)21-12-16-18-8-9-19(16)5-2/h6-10,17H,4-5,11-12H2,1-3H3. The predicted molar refractivity (Wildman–Crippen MR) is 82.6 cm³/mol. The molecule has 0 aliphatic rings. The summed E-state index contributed by atoms with van der Waals surface area (Å²) in [5, 5.41) is 3.32. The van der Waals surface area contributed by atoms with E-state index in [0.717, 1.165) is 42.5 Å². The topological polar surface area (TPSA) is 48.3 Å². The fourth-order valence-corrected chi connectivity index (χ4v) is 2.13. The maximum Gasteiger partial charge on any atom is 0.146 e. The number of hydrogen-bond acceptors (Lipinski definition) is 4. The van der Waals surface area contributed by atoms with Crippen LogP contribution in [0.2, 0.25) is 0 Å². The summed E-state index contributed by atoms with van der Waals surface area (Å²) in [6.07, 6.45) is 3.77. The molecule has 21 heavy (non-hydrogen) atoms. The first-order chi connectivity index (χ1) is 10.3. The summed E-state index contributed by atoms with van der Waals surface area (Å²) < 4.78 is 13.3. The molecule has 0 saturated carbocycles. The number of aromatic nitrogens is 2. The van der Waals surface area contributed by atoms with E-state index in [1.54, 1.807) is 13.3 Å². The summed E-state index contributed by atoms with van der Waals surface area (Å²) in [5.41, 5.74) is 1.09. The van der Waals surface area contributed by atoms with Gasteiger partial charge >= 0.3 is 0 Å². The van der Waals surface area contributed by atoms with Crippen molar-refractivity contribution in [3.05, 3.63) is 42.0 Å². The molecule has 0 fully saturated rings. The van der Waals surface area contributed by atoms with E-state index in [2.05, 4.69) is 28.7 Å². The Morgan fingerprint density at radius 1 is 1.29 bits per heavy atom. The van der Waals surface area contributed by atoms with Gasteiger partial charge in [0.1, 0.15) is 23.9 Å². The summed E-state index contributed by atoms with van der Waals surface area (Å²) in [4.78, 5) is 4.33. The third-order valence-corrected chi connectivity index (χ3v) is 3.33. The number of rotatable bonds is 8. The normalized spacial score (nSPS) is 10.6. The minimum absolute atomic E-state index is 0.465. The SMILES string of the molecule is CCNCc1cc(OC)ccc1OCc1nccn1CC. The predicted octanol–water partition coefficient (Wildman–Crippen LogP) is 2.60. The molecule has 0 saturated heterocycles. The van der Waals surface area contributed by atoms with Crippen molar-refractivity contribution in [2.75, 3.05) is 13.7 Å². The number of benzene rings is 1. The van der Waals surface area contributed by atoms with Gasteiger partial charge in [0.25, 0.3) is 0 Å². The van der Waals surface area contributed by atoms with Gasteiger partial charge in [-0.3, -0.25) is 0 Å². The Bertz CT molecular complexity index is 566. The number of aryl methyl sites for hydroxylation is 1. The molecule has 5 nitrogen and oxygen atoms in total. The summed E-state index contributed by atoms with van der Waals surface area (Å²) >= 11 is 0. The van der Waals surface area contributed by atoms with E-state index in [4.69, 9.17) is 9.47 Å². The van der Waals surface area contributed by atoms with Crippen LogP contribution in [0.1, 0.15) is 25.2 Å². The van der Waals surface area contributed by atoms with Crippen molar-refractivity contribution >= 4 is 0 Å². The molecule has 0 spiro atoms. The van der Waals surface area contributed by atoms with Gasteiger partial charge in [-0.25, -0.2) is 4.98 Å². The van der Waals surface area contributed by atoms with E-state index in [-0.39, 0.29) is 0 Å². The van der Waals surface area contributed by atoms with Crippen LogP contribution in [-0.4, -0.2) is 23.2 Å². The Balaban J connectivity index is 2.10. The van der Waals surface area contributed by atoms with E-state index in [1.807, 2.05) is 24.4 Å². The van der Waals surface area contributed by atoms with E-state index in [1.165, 1.54) is 0 Å². The number of methoxy groups -OCH3 is 1. The fraction of sp³-hybridized carbons (Fsp3) is 0.438. The van der Waals surface area contributed by atoms with Crippen molar-refractivity contribution in [2.45, 2.75) is 33.5 Å². The Morgan fingerprint density at radius 3 is 2.86 bits per heavy atom. The van der Waals surface area contributed by atoms with Gasteiger partial charge in [-0.05, 0) is 31.7 Å². The van der Waals surface area contributed by atoms with E-state index >= 15 is 0 Å². The van der Waals surface area contributed by atoms with Gasteiger partial charge in [0, 0.05) is 31.0 Å². The van der Waals surface area contributed by atoms with E-state index < -0.39 is 0 Å². The highest BCUT2D eigenvalue weighted by atomic mass is 16.5. The molecule has 1 N–H and O–H groups in total. The molecule has 0 amide bonds. The third kappa shape index (κ3) is 3.98. The fourth-order valence-electron chi connectivity index (χ4n) is 2.13. The van der Waals surface area contributed by atoms with Gasteiger partial charge in [0.2, 0.25) is 0 Å². The van der Waals surface area contributed by atoms with Crippen LogP contribution in [0.3, 0.4) is 0 Å². The first-order valence-corrected chi connectivity index (χ1v) is 7.28. The van der Waals surface area contributed by atoms with Crippen LogP contribution in [0.4, 0.5) is 0 Å². The third-order valence-electron chi connectivity index (χ3n) is 3.33. The van der Waals surface area contributed by atoms with Crippen molar-refractivity contribution in [2.24, 2.45) is 0 Å². The Morgan fingerprint density at radius 2 is 2.14 bits per heavy atom. The molecule has 2 aromatic rings. The zero-order valence-electron chi connectivity index (χ0n) is 12.9. The van der Waals surface area contributed by atoms with Gasteiger partial charge in [-0.2, -0.15) is 0 Å². The van der Waals surface area contributed by atoms with Crippen LogP contribution in [0.15, 0.2) is 30.6 Å². The number of imidazole rings is 1. The number of nitrogens with zero attached hydrogens (tertiary/aromatic N) is 2. The number of hydrogen-bond donors (Lipinski definition) is 1. The summed E-state index contributed by atoms with van der Waals surface area (Å²) in [6, 6.07) is 5.87. The van der Waals surface area contributed by atoms with Crippen LogP contribution < -0.4 is 14.8 Å². The van der Waals surface area contributed by atoms with Crippen LogP contribution >= 0.6 is 0 Å². The molecule has 2 rings (SSSR count). The van der Waals surface area contributed by atoms with Crippen LogP contribution in [0.25, 0.3) is 0 Å². The quantitative estimate of drug-likeness (QED) is 0.811. The Kier molecular flexibility index (Phi) is 5.63. The van der Waals surface area contributed by atoms with Crippen molar-refractivity contribution < 1.29 is 9.47 Å². The van der Waals surface area contributed by atoms with Crippen molar-refractivity contribution in [3.63, 3.8) is 0 Å². The van der Waals surface area contributed by atoms with Crippen LogP contribution in [-0.2, 0) is 19.7 Å². The molecule has 1 aromatic heterocycles. The molecule has 5 heteroatoms. The Labute approximate surface area is 125 Å².